The van der Waals surface area contributed by atoms with E-state index < -0.39 is 5.97 Å². The number of likely N-dealkylation sites (tertiary alicyclic amines) is 1. The Morgan fingerprint density at radius 1 is 1.10 bits per heavy atom. The second-order valence-electron chi connectivity index (χ2n) is 6.70. The molecule has 5 heteroatoms. The number of carboxylic acids is 1. The Morgan fingerprint density at radius 2 is 1.75 bits per heavy atom. The fourth-order valence-electron chi connectivity index (χ4n) is 3.64. The molecule has 0 aromatic carbocycles. The lowest BCUT2D eigenvalue weighted by molar-refractivity contribution is -0.143. The highest BCUT2D eigenvalue weighted by molar-refractivity contribution is 5.75. The minimum atomic E-state index is -0.732. The number of amides is 2. The largest absolute Gasteiger partial charge is 0.481 e. The predicted octanol–water partition coefficient (Wildman–Crippen LogP) is 2.32. The molecule has 2 fully saturated rings. The van der Waals surface area contributed by atoms with E-state index in [0.29, 0.717) is 18.3 Å². The summed E-state index contributed by atoms with van der Waals surface area (Å²) in [7, 11) is 0. The number of carbonyl (C=O) groups is 2. The highest BCUT2D eigenvalue weighted by Crippen LogP contribution is 2.25. The lowest BCUT2D eigenvalue weighted by Crippen LogP contribution is -2.51. The molecule has 0 aromatic heterocycles. The first kappa shape index (κ1) is 15.1. The van der Waals surface area contributed by atoms with Gasteiger partial charge in [-0.15, -0.1) is 0 Å². The van der Waals surface area contributed by atoms with Crippen LogP contribution in [0.4, 0.5) is 4.79 Å². The van der Waals surface area contributed by atoms with Gasteiger partial charge in [0, 0.05) is 19.1 Å². The Bertz CT molecular complexity index is 362. The molecule has 1 saturated carbocycles. The molecule has 114 valence electrons. The third-order valence-electron chi connectivity index (χ3n) is 4.51. The zero-order chi connectivity index (χ0) is 14.7. The number of hydrogen-bond acceptors (Lipinski definition) is 2. The lowest BCUT2D eigenvalue weighted by atomic mass is 9.86. The molecule has 2 aliphatic rings. The lowest BCUT2D eigenvalue weighted by Gasteiger charge is -2.36. The third-order valence-corrected chi connectivity index (χ3v) is 4.51. The Kier molecular flexibility index (Phi) is 4.89. The summed E-state index contributed by atoms with van der Waals surface area (Å²) in [4.78, 5) is 25.2. The van der Waals surface area contributed by atoms with E-state index in [4.69, 9.17) is 5.11 Å². The molecule has 1 saturated heterocycles. The summed E-state index contributed by atoms with van der Waals surface area (Å²) < 4.78 is 0. The predicted molar refractivity (Wildman–Crippen MR) is 76.4 cm³/mol. The first-order valence-electron chi connectivity index (χ1n) is 7.74. The summed E-state index contributed by atoms with van der Waals surface area (Å²) in [5.41, 5.74) is 0. The van der Waals surface area contributed by atoms with Crippen molar-refractivity contribution in [2.45, 2.75) is 52.0 Å². The van der Waals surface area contributed by atoms with Crippen LogP contribution in [0.5, 0.6) is 0 Å². The molecule has 1 aliphatic carbocycles. The number of piperidine rings is 1. The molecule has 2 amide bonds. The van der Waals surface area contributed by atoms with Crippen molar-refractivity contribution in [1.29, 1.82) is 0 Å². The van der Waals surface area contributed by atoms with Crippen molar-refractivity contribution in [3.05, 3.63) is 0 Å². The molecule has 0 bridgehead atoms. The molecule has 4 unspecified atom stereocenters. The van der Waals surface area contributed by atoms with E-state index >= 15 is 0 Å². The van der Waals surface area contributed by atoms with E-state index in [-0.39, 0.29) is 18.0 Å². The number of urea groups is 1. The zero-order valence-electron chi connectivity index (χ0n) is 12.5. The summed E-state index contributed by atoms with van der Waals surface area (Å²) in [6.45, 7) is 5.98. The first-order chi connectivity index (χ1) is 9.45. The van der Waals surface area contributed by atoms with Crippen LogP contribution in [0.1, 0.15) is 46.0 Å². The molecular formula is C15H26N2O3. The molecule has 2 rings (SSSR count). The van der Waals surface area contributed by atoms with Crippen LogP contribution in [0.15, 0.2) is 0 Å². The van der Waals surface area contributed by atoms with Crippen molar-refractivity contribution < 1.29 is 14.7 Å². The summed E-state index contributed by atoms with van der Waals surface area (Å²) in [5.74, 6) is 0.0580. The maximum absolute atomic E-state index is 12.3. The van der Waals surface area contributed by atoms with Gasteiger partial charge in [-0.3, -0.25) is 4.79 Å². The van der Waals surface area contributed by atoms with Gasteiger partial charge >= 0.3 is 12.0 Å². The van der Waals surface area contributed by atoms with Crippen molar-refractivity contribution >= 4 is 12.0 Å². The van der Waals surface area contributed by atoms with Crippen molar-refractivity contribution in [1.82, 2.24) is 10.2 Å². The van der Waals surface area contributed by atoms with Gasteiger partial charge in [0.15, 0.2) is 0 Å². The normalized spacial score (nSPS) is 34.6. The van der Waals surface area contributed by atoms with Gasteiger partial charge in [-0.2, -0.15) is 0 Å². The monoisotopic (exact) mass is 282 g/mol. The van der Waals surface area contributed by atoms with Gasteiger partial charge < -0.3 is 15.3 Å². The van der Waals surface area contributed by atoms with Gasteiger partial charge in [-0.05, 0) is 37.5 Å². The van der Waals surface area contributed by atoms with E-state index in [9.17, 15) is 9.59 Å². The number of nitrogens with one attached hydrogen (secondary N) is 1. The fraction of sp³-hybridized carbons (Fsp3) is 0.867. The third kappa shape index (κ3) is 3.87. The summed E-state index contributed by atoms with van der Waals surface area (Å²) in [6, 6.07) is 0.00401. The van der Waals surface area contributed by atoms with Crippen LogP contribution >= 0.6 is 0 Å². The first-order valence-corrected chi connectivity index (χ1v) is 7.74. The van der Waals surface area contributed by atoms with Crippen LogP contribution in [0.3, 0.4) is 0 Å². The Hall–Kier alpha value is -1.26. The molecular weight excluding hydrogens is 256 g/mol. The van der Waals surface area contributed by atoms with Gasteiger partial charge in [0.25, 0.3) is 0 Å². The smallest absolute Gasteiger partial charge is 0.317 e. The second-order valence-corrected chi connectivity index (χ2v) is 6.70. The van der Waals surface area contributed by atoms with E-state index in [1.54, 1.807) is 0 Å². The number of nitrogens with zero attached hydrogens (tertiary/aromatic N) is 1. The van der Waals surface area contributed by atoms with Crippen LogP contribution in [0.25, 0.3) is 0 Å². The van der Waals surface area contributed by atoms with Crippen molar-refractivity contribution in [3.63, 3.8) is 0 Å². The van der Waals surface area contributed by atoms with Gasteiger partial charge in [-0.1, -0.05) is 20.3 Å². The van der Waals surface area contributed by atoms with Crippen molar-refractivity contribution in [3.8, 4) is 0 Å². The highest BCUT2D eigenvalue weighted by atomic mass is 16.4. The van der Waals surface area contributed by atoms with Crippen LogP contribution < -0.4 is 5.32 Å². The Labute approximate surface area is 120 Å². The zero-order valence-corrected chi connectivity index (χ0v) is 12.5. The van der Waals surface area contributed by atoms with Crippen LogP contribution in [0, 0.1) is 17.8 Å². The average molecular weight is 282 g/mol. The molecule has 4 atom stereocenters. The minimum Gasteiger partial charge on any atom is -0.481 e. The minimum absolute atomic E-state index is 0.0144. The summed E-state index contributed by atoms with van der Waals surface area (Å²) >= 11 is 0. The maximum atomic E-state index is 12.3. The standard InChI is InChI=1S/C15H26N2O3/c1-10-6-11(2)9-17(8-10)15(20)16-13-5-3-4-12(7-13)14(18)19/h10-13H,3-9H2,1-2H3,(H,16,20)(H,18,19). The highest BCUT2D eigenvalue weighted by Gasteiger charge is 2.30. The fourth-order valence-corrected chi connectivity index (χ4v) is 3.64. The van der Waals surface area contributed by atoms with Crippen molar-refractivity contribution in [2.75, 3.05) is 13.1 Å². The SMILES string of the molecule is CC1CC(C)CN(C(=O)NC2CCCC(C(=O)O)C2)C1. The van der Waals surface area contributed by atoms with E-state index in [1.807, 2.05) is 4.90 Å². The number of aliphatic carboxylic acids is 1. The maximum Gasteiger partial charge on any atom is 0.317 e. The van der Waals surface area contributed by atoms with Crippen LogP contribution in [0.2, 0.25) is 0 Å². The topological polar surface area (TPSA) is 69.6 Å². The van der Waals surface area contributed by atoms with Crippen molar-refractivity contribution in [2.24, 2.45) is 17.8 Å². The van der Waals surface area contributed by atoms with Gasteiger partial charge in [0.05, 0.1) is 5.92 Å². The summed E-state index contributed by atoms with van der Waals surface area (Å²) in [5, 5.41) is 12.1. The summed E-state index contributed by atoms with van der Waals surface area (Å²) in [6.07, 6.45) is 4.26. The van der Waals surface area contributed by atoms with Gasteiger partial charge in [0.1, 0.15) is 0 Å². The molecule has 0 radical (unpaired) electrons. The quantitative estimate of drug-likeness (QED) is 0.816. The van der Waals surface area contributed by atoms with E-state index in [2.05, 4.69) is 19.2 Å². The Morgan fingerprint density at radius 3 is 2.35 bits per heavy atom. The van der Waals surface area contributed by atoms with Gasteiger partial charge in [0.2, 0.25) is 0 Å². The van der Waals surface area contributed by atoms with Gasteiger partial charge in [-0.25, -0.2) is 4.79 Å². The molecule has 0 aromatic rings. The van der Waals surface area contributed by atoms with E-state index in [0.717, 1.165) is 32.4 Å². The number of hydrogen-bond donors (Lipinski definition) is 2. The number of carbonyl (C=O) groups excluding carboxylic acids is 1. The molecule has 1 aliphatic heterocycles. The number of rotatable bonds is 2. The molecule has 2 N–H and O–H groups in total. The molecule has 5 nitrogen and oxygen atoms in total. The number of carboxylic acid groups (broad SMARTS) is 1. The Balaban J connectivity index is 1.86. The van der Waals surface area contributed by atoms with Crippen LogP contribution in [-0.2, 0) is 4.79 Å². The average Bonchev–Trinajstić information content (AvgIpc) is 2.37. The molecule has 20 heavy (non-hydrogen) atoms. The molecule has 0 spiro atoms. The van der Waals surface area contributed by atoms with E-state index in [1.165, 1.54) is 6.42 Å². The molecule has 1 heterocycles. The van der Waals surface area contributed by atoms with Crippen LogP contribution in [-0.4, -0.2) is 41.1 Å². The second kappa shape index (κ2) is 6.46.